The van der Waals surface area contributed by atoms with Crippen molar-refractivity contribution in [3.05, 3.63) is 90.0 Å². The molecule has 0 aliphatic rings. The highest BCUT2D eigenvalue weighted by molar-refractivity contribution is 5.77. The van der Waals surface area contributed by atoms with E-state index in [9.17, 15) is 4.79 Å². The van der Waals surface area contributed by atoms with Crippen LogP contribution in [0.5, 0.6) is 5.75 Å². The van der Waals surface area contributed by atoms with Crippen LogP contribution in [0.4, 0.5) is 0 Å². The van der Waals surface area contributed by atoms with E-state index in [1.165, 1.54) is 0 Å². The maximum absolute atomic E-state index is 12.9. The number of rotatable bonds is 7. The summed E-state index contributed by atoms with van der Waals surface area (Å²) >= 11 is 0. The molecule has 3 aromatic rings. The molecule has 1 heterocycles. The van der Waals surface area contributed by atoms with Crippen LogP contribution in [0, 0.1) is 0 Å². The van der Waals surface area contributed by atoms with Crippen LogP contribution in [-0.2, 0) is 11.3 Å². The quantitative estimate of drug-likeness (QED) is 0.644. The number of amides is 1. The second-order valence-electron chi connectivity index (χ2n) is 6.39. The lowest BCUT2D eigenvalue weighted by Crippen LogP contribution is -2.28. The summed E-state index contributed by atoms with van der Waals surface area (Å²) in [5.74, 6) is 0.843. The lowest BCUT2D eigenvalue weighted by atomic mass is 9.88. The van der Waals surface area contributed by atoms with Gasteiger partial charge < -0.3 is 9.64 Å². The molecular formula is C22H23N3O2. The fourth-order valence-corrected chi connectivity index (χ4v) is 3.02. The summed E-state index contributed by atoms with van der Waals surface area (Å²) < 4.78 is 5.25. The van der Waals surface area contributed by atoms with Gasteiger partial charge in [0.2, 0.25) is 5.91 Å². The third kappa shape index (κ3) is 4.91. The summed E-state index contributed by atoms with van der Waals surface area (Å²) in [6, 6.07) is 18.0. The Balaban J connectivity index is 1.79. The van der Waals surface area contributed by atoms with E-state index >= 15 is 0 Å². The first-order chi connectivity index (χ1) is 13.2. The van der Waals surface area contributed by atoms with Gasteiger partial charge in [0.1, 0.15) is 5.75 Å². The largest absolute Gasteiger partial charge is 0.497 e. The van der Waals surface area contributed by atoms with Crippen molar-refractivity contribution in [3.8, 4) is 5.75 Å². The summed E-state index contributed by atoms with van der Waals surface area (Å²) in [4.78, 5) is 22.9. The van der Waals surface area contributed by atoms with Crippen LogP contribution in [-0.4, -0.2) is 34.9 Å². The monoisotopic (exact) mass is 361 g/mol. The molecule has 0 aliphatic carbocycles. The molecule has 5 nitrogen and oxygen atoms in total. The summed E-state index contributed by atoms with van der Waals surface area (Å²) in [6.45, 7) is 0.441. The minimum atomic E-state index is -0.0195. The molecule has 5 heteroatoms. The molecule has 0 fully saturated rings. The lowest BCUT2D eigenvalue weighted by molar-refractivity contribution is -0.130. The molecule has 0 N–H and O–H groups in total. The zero-order valence-corrected chi connectivity index (χ0v) is 15.6. The molecule has 2 aromatic carbocycles. The number of hydrogen-bond donors (Lipinski definition) is 0. The van der Waals surface area contributed by atoms with E-state index in [0.29, 0.717) is 13.0 Å². The van der Waals surface area contributed by atoms with Crippen molar-refractivity contribution in [2.45, 2.75) is 18.9 Å². The van der Waals surface area contributed by atoms with Crippen molar-refractivity contribution < 1.29 is 9.53 Å². The molecule has 0 saturated carbocycles. The molecule has 0 spiro atoms. The van der Waals surface area contributed by atoms with E-state index in [4.69, 9.17) is 4.74 Å². The normalized spacial score (nSPS) is 11.6. The van der Waals surface area contributed by atoms with Crippen molar-refractivity contribution in [3.63, 3.8) is 0 Å². The minimum Gasteiger partial charge on any atom is -0.497 e. The van der Waals surface area contributed by atoms with Gasteiger partial charge in [-0.25, -0.2) is 0 Å². The van der Waals surface area contributed by atoms with Crippen LogP contribution in [0.3, 0.4) is 0 Å². The first kappa shape index (κ1) is 18.6. The molecule has 0 bridgehead atoms. The summed E-state index contributed by atoms with van der Waals surface area (Å²) in [5, 5.41) is 0. The number of aromatic nitrogens is 2. The summed E-state index contributed by atoms with van der Waals surface area (Å²) in [5.41, 5.74) is 2.97. The average molecular weight is 361 g/mol. The second kappa shape index (κ2) is 8.94. The maximum atomic E-state index is 12.9. The molecule has 0 radical (unpaired) electrons. The van der Waals surface area contributed by atoms with Crippen LogP contribution in [0.25, 0.3) is 0 Å². The van der Waals surface area contributed by atoms with Gasteiger partial charge in [0, 0.05) is 31.8 Å². The van der Waals surface area contributed by atoms with Gasteiger partial charge in [-0.3, -0.25) is 14.8 Å². The predicted molar refractivity (Wildman–Crippen MR) is 104 cm³/mol. The van der Waals surface area contributed by atoms with E-state index in [-0.39, 0.29) is 11.8 Å². The van der Waals surface area contributed by atoms with Gasteiger partial charge in [-0.1, -0.05) is 42.5 Å². The smallest absolute Gasteiger partial charge is 0.223 e. The molecule has 138 valence electrons. The van der Waals surface area contributed by atoms with Crippen molar-refractivity contribution in [1.82, 2.24) is 14.9 Å². The molecule has 27 heavy (non-hydrogen) atoms. The molecule has 0 unspecified atom stereocenters. The maximum Gasteiger partial charge on any atom is 0.223 e. The Labute approximate surface area is 159 Å². The van der Waals surface area contributed by atoms with Crippen LogP contribution < -0.4 is 4.74 Å². The van der Waals surface area contributed by atoms with E-state index in [2.05, 4.69) is 22.1 Å². The van der Waals surface area contributed by atoms with Crippen LogP contribution in [0.2, 0.25) is 0 Å². The highest BCUT2D eigenvalue weighted by atomic mass is 16.5. The van der Waals surface area contributed by atoms with E-state index in [1.807, 2.05) is 42.5 Å². The second-order valence-corrected chi connectivity index (χ2v) is 6.39. The van der Waals surface area contributed by atoms with E-state index < -0.39 is 0 Å². The molecular weight excluding hydrogens is 338 g/mol. The molecule has 3 rings (SSSR count). The highest BCUT2D eigenvalue weighted by Gasteiger charge is 2.21. The third-order valence-corrected chi connectivity index (χ3v) is 4.54. The number of carbonyl (C=O) groups excluding carboxylic acids is 1. The fourth-order valence-electron chi connectivity index (χ4n) is 3.02. The lowest BCUT2D eigenvalue weighted by Gasteiger charge is -2.22. The van der Waals surface area contributed by atoms with Crippen molar-refractivity contribution in [2.75, 3.05) is 14.2 Å². The highest BCUT2D eigenvalue weighted by Crippen LogP contribution is 2.30. The van der Waals surface area contributed by atoms with E-state index in [0.717, 1.165) is 22.6 Å². The van der Waals surface area contributed by atoms with Gasteiger partial charge >= 0.3 is 0 Å². The Bertz CT molecular complexity index is 852. The Morgan fingerprint density at radius 2 is 1.74 bits per heavy atom. The van der Waals surface area contributed by atoms with Gasteiger partial charge in [0.25, 0.3) is 0 Å². The third-order valence-electron chi connectivity index (χ3n) is 4.54. The zero-order valence-electron chi connectivity index (χ0n) is 15.6. The first-order valence-electron chi connectivity index (χ1n) is 8.85. The number of hydrogen-bond acceptors (Lipinski definition) is 4. The zero-order chi connectivity index (χ0) is 19.1. The first-order valence-corrected chi connectivity index (χ1v) is 8.85. The predicted octanol–water partition coefficient (Wildman–Crippen LogP) is 3.67. The van der Waals surface area contributed by atoms with Gasteiger partial charge in [-0.05, 0) is 23.3 Å². The van der Waals surface area contributed by atoms with Crippen molar-refractivity contribution >= 4 is 5.91 Å². The van der Waals surface area contributed by atoms with E-state index in [1.54, 1.807) is 37.6 Å². The summed E-state index contributed by atoms with van der Waals surface area (Å²) in [7, 11) is 3.45. The Hall–Kier alpha value is -3.21. The molecule has 1 aromatic heterocycles. The molecule has 1 atom stereocenters. The van der Waals surface area contributed by atoms with Crippen molar-refractivity contribution in [1.29, 1.82) is 0 Å². The van der Waals surface area contributed by atoms with Crippen LogP contribution >= 0.6 is 0 Å². The molecule has 0 saturated heterocycles. The standard InChI is InChI=1S/C22H23N3O2/c1-25(16-19-15-23-12-13-24-19)22(26)14-21(17-6-4-3-5-7-17)18-8-10-20(27-2)11-9-18/h3-13,15,21H,14,16H2,1-2H3/t21-/m1/s1. The van der Waals surface area contributed by atoms with Crippen molar-refractivity contribution in [2.24, 2.45) is 0 Å². The Kier molecular flexibility index (Phi) is 6.15. The number of carbonyl (C=O) groups is 1. The Morgan fingerprint density at radius 3 is 2.37 bits per heavy atom. The fraction of sp³-hybridized carbons (Fsp3) is 0.227. The number of nitrogens with zero attached hydrogens (tertiary/aromatic N) is 3. The van der Waals surface area contributed by atoms with Crippen LogP contribution in [0.15, 0.2) is 73.2 Å². The minimum absolute atomic E-state index is 0.0195. The average Bonchev–Trinajstić information content (AvgIpc) is 2.73. The number of benzene rings is 2. The van der Waals surface area contributed by atoms with Gasteiger partial charge in [-0.15, -0.1) is 0 Å². The van der Waals surface area contributed by atoms with Gasteiger partial charge in [-0.2, -0.15) is 0 Å². The number of ether oxygens (including phenoxy) is 1. The summed E-state index contributed by atoms with van der Waals surface area (Å²) in [6.07, 6.45) is 5.33. The SMILES string of the molecule is COc1ccc([C@H](CC(=O)N(C)Cc2cnccn2)c2ccccc2)cc1. The molecule has 1 amide bonds. The van der Waals surface area contributed by atoms with Crippen LogP contribution in [0.1, 0.15) is 29.2 Å². The molecule has 0 aliphatic heterocycles. The Morgan fingerprint density at radius 1 is 1.04 bits per heavy atom. The van der Waals surface area contributed by atoms with Gasteiger partial charge in [0.05, 0.1) is 25.5 Å². The topological polar surface area (TPSA) is 55.3 Å². The number of methoxy groups -OCH3 is 1. The van der Waals surface area contributed by atoms with Gasteiger partial charge in [0.15, 0.2) is 0 Å².